The lowest BCUT2D eigenvalue weighted by Gasteiger charge is -2.15. The van der Waals surface area contributed by atoms with Crippen molar-refractivity contribution in [1.29, 1.82) is 0 Å². The van der Waals surface area contributed by atoms with Crippen molar-refractivity contribution in [2.24, 2.45) is 7.05 Å². The molecule has 1 rings (SSSR count). The molecule has 1 aromatic heterocycles. The number of aryl methyl sites for hydroxylation is 2. The summed E-state index contributed by atoms with van der Waals surface area (Å²) in [5, 5.41) is 7.46. The molecule has 1 aromatic rings. The van der Waals surface area contributed by atoms with Crippen LogP contribution in [-0.2, 0) is 13.6 Å². The Kier molecular flexibility index (Phi) is 4.10. The molecule has 0 fully saturated rings. The minimum absolute atomic E-state index is 0.974. The van der Waals surface area contributed by atoms with Crippen molar-refractivity contribution in [2.75, 3.05) is 27.2 Å². The Bertz CT molecular complexity index is 280. The normalized spacial score (nSPS) is 11.2. The van der Waals surface area contributed by atoms with Crippen LogP contribution in [0.2, 0.25) is 0 Å². The highest BCUT2D eigenvalue weighted by Crippen LogP contribution is 2.06. The second-order valence-corrected chi connectivity index (χ2v) is 3.75. The van der Waals surface area contributed by atoms with E-state index in [0.717, 1.165) is 25.3 Å². The largest absolute Gasteiger partial charge is 0.318 e. The highest BCUT2D eigenvalue weighted by molar-refractivity contribution is 5.14. The van der Waals surface area contributed by atoms with Crippen LogP contribution in [0.4, 0.5) is 0 Å². The molecule has 4 heteroatoms. The topological polar surface area (TPSA) is 33.1 Å². The van der Waals surface area contributed by atoms with Crippen LogP contribution >= 0.6 is 0 Å². The van der Waals surface area contributed by atoms with Crippen molar-refractivity contribution in [3.05, 3.63) is 17.5 Å². The van der Waals surface area contributed by atoms with Gasteiger partial charge in [0.25, 0.3) is 0 Å². The minimum atomic E-state index is 0.974. The van der Waals surface area contributed by atoms with Crippen LogP contribution in [0, 0.1) is 6.92 Å². The first-order valence-electron chi connectivity index (χ1n) is 4.95. The molecule has 0 spiro atoms. The molecule has 80 valence electrons. The Morgan fingerprint density at radius 2 is 2.29 bits per heavy atom. The van der Waals surface area contributed by atoms with Gasteiger partial charge in [-0.3, -0.25) is 4.68 Å². The molecule has 0 aliphatic rings. The first-order chi connectivity index (χ1) is 6.63. The van der Waals surface area contributed by atoms with Crippen LogP contribution in [0.5, 0.6) is 0 Å². The Balaban J connectivity index is 2.47. The summed E-state index contributed by atoms with van der Waals surface area (Å²) in [6.45, 7) is 5.11. The lowest BCUT2D eigenvalue weighted by atomic mass is 10.2. The molecule has 0 atom stereocenters. The fourth-order valence-electron chi connectivity index (χ4n) is 1.48. The Morgan fingerprint density at radius 1 is 1.57 bits per heavy atom. The van der Waals surface area contributed by atoms with Crippen molar-refractivity contribution in [1.82, 2.24) is 20.0 Å². The van der Waals surface area contributed by atoms with E-state index >= 15 is 0 Å². The van der Waals surface area contributed by atoms with Crippen LogP contribution in [0.3, 0.4) is 0 Å². The zero-order valence-electron chi connectivity index (χ0n) is 9.54. The van der Waals surface area contributed by atoms with Crippen molar-refractivity contribution in [2.45, 2.75) is 13.5 Å². The number of hydrogen-bond acceptors (Lipinski definition) is 3. The second-order valence-electron chi connectivity index (χ2n) is 3.75. The Morgan fingerprint density at radius 3 is 2.79 bits per heavy atom. The summed E-state index contributed by atoms with van der Waals surface area (Å²) >= 11 is 0. The molecule has 0 amide bonds. The number of nitrogens with zero attached hydrogens (tertiary/aromatic N) is 3. The van der Waals surface area contributed by atoms with Gasteiger partial charge in [0.2, 0.25) is 0 Å². The third-order valence-electron chi connectivity index (χ3n) is 2.30. The van der Waals surface area contributed by atoms with Crippen LogP contribution < -0.4 is 5.32 Å². The highest BCUT2D eigenvalue weighted by Gasteiger charge is 2.05. The predicted octanol–water partition coefficient (Wildman–Crippen LogP) is 0.380. The number of nitrogens with one attached hydrogen (secondary N) is 1. The van der Waals surface area contributed by atoms with E-state index in [9.17, 15) is 0 Å². The summed E-state index contributed by atoms with van der Waals surface area (Å²) in [4.78, 5) is 2.29. The summed E-state index contributed by atoms with van der Waals surface area (Å²) < 4.78 is 1.87. The van der Waals surface area contributed by atoms with Crippen LogP contribution in [0.15, 0.2) is 6.20 Å². The molecule has 0 aromatic carbocycles. The van der Waals surface area contributed by atoms with E-state index < -0.39 is 0 Å². The summed E-state index contributed by atoms with van der Waals surface area (Å²) in [5.74, 6) is 0. The lowest BCUT2D eigenvalue weighted by Crippen LogP contribution is -2.27. The van der Waals surface area contributed by atoms with E-state index in [1.54, 1.807) is 0 Å². The Labute approximate surface area is 85.9 Å². The number of hydrogen-bond donors (Lipinski definition) is 1. The fourth-order valence-corrected chi connectivity index (χ4v) is 1.48. The Hall–Kier alpha value is -0.870. The van der Waals surface area contributed by atoms with Gasteiger partial charge in [0, 0.05) is 38.4 Å². The zero-order valence-corrected chi connectivity index (χ0v) is 9.54. The minimum Gasteiger partial charge on any atom is -0.318 e. The van der Waals surface area contributed by atoms with Crippen LogP contribution in [0.25, 0.3) is 0 Å². The van der Waals surface area contributed by atoms with Gasteiger partial charge >= 0.3 is 0 Å². The lowest BCUT2D eigenvalue weighted by molar-refractivity contribution is 0.327. The van der Waals surface area contributed by atoms with Gasteiger partial charge in [0.15, 0.2) is 0 Å². The molecule has 0 bridgehead atoms. The summed E-state index contributed by atoms with van der Waals surface area (Å²) in [6, 6.07) is 0. The van der Waals surface area contributed by atoms with E-state index in [2.05, 4.69) is 35.5 Å². The molecule has 0 saturated heterocycles. The first kappa shape index (κ1) is 11.2. The van der Waals surface area contributed by atoms with Crippen molar-refractivity contribution >= 4 is 0 Å². The average Bonchev–Trinajstić information content (AvgIpc) is 2.42. The van der Waals surface area contributed by atoms with E-state index in [0.29, 0.717) is 0 Å². The number of rotatable bonds is 5. The molecule has 1 heterocycles. The smallest absolute Gasteiger partial charge is 0.0638 e. The molecule has 0 radical (unpaired) electrons. The number of likely N-dealkylation sites (N-methyl/N-ethyl adjacent to an activating group) is 2. The molecule has 14 heavy (non-hydrogen) atoms. The molecule has 0 saturated carbocycles. The molecule has 0 unspecified atom stereocenters. The average molecular weight is 196 g/mol. The maximum atomic E-state index is 4.32. The van der Waals surface area contributed by atoms with E-state index in [-0.39, 0.29) is 0 Å². The third kappa shape index (κ3) is 3.12. The first-order valence-corrected chi connectivity index (χ1v) is 4.95. The van der Waals surface area contributed by atoms with Crippen LogP contribution in [0.1, 0.15) is 11.3 Å². The summed E-state index contributed by atoms with van der Waals surface area (Å²) in [6.07, 6.45) is 2.09. The highest BCUT2D eigenvalue weighted by atomic mass is 15.3. The molecular weight excluding hydrogens is 176 g/mol. The van der Waals surface area contributed by atoms with Gasteiger partial charge in [0.1, 0.15) is 0 Å². The zero-order chi connectivity index (χ0) is 10.6. The van der Waals surface area contributed by atoms with Crippen LogP contribution in [-0.4, -0.2) is 41.9 Å². The van der Waals surface area contributed by atoms with Gasteiger partial charge in [-0.15, -0.1) is 0 Å². The molecule has 1 N–H and O–H groups in total. The molecule has 4 nitrogen and oxygen atoms in total. The van der Waals surface area contributed by atoms with Gasteiger partial charge in [0.05, 0.1) is 5.69 Å². The summed E-state index contributed by atoms with van der Waals surface area (Å²) in [5.41, 5.74) is 2.44. The van der Waals surface area contributed by atoms with E-state index in [1.807, 2.05) is 18.8 Å². The maximum Gasteiger partial charge on any atom is 0.0638 e. The standard InChI is InChI=1S/C10H20N4/c1-9-10(8-14(4)12-9)7-13(3)6-5-11-2/h8,11H,5-7H2,1-4H3. The van der Waals surface area contributed by atoms with Crippen molar-refractivity contribution < 1.29 is 0 Å². The van der Waals surface area contributed by atoms with Gasteiger partial charge in [-0.1, -0.05) is 0 Å². The quantitative estimate of drug-likeness (QED) is 0.739. The SMILES string of the molecule is CNCCN(C)Cc1cn(C)nc1C. The van der Waals surface area contributed by atoms with Crippen molar-refractivity contribution in [3.8, 4) is 0 Å². The second kappa shape index (κ2) is 5.12. The number of aromatic nitrogens is 2. The molecular formula is C10H20N4. The van der Waals surface area contributed by atoms with Gasteiger partial charge in [-0.2, -0.15) is 5.10 Å². The maximum absolute atomic E-state index is 4.32. The molecule has 0 aliphatic carbocycles. The fraction of sp³-hybridized carbons (Fsp3) is 0.700. The van der Waals surface area contributed by atoms with Gasteiger partial charge in [-0.05, 0) is 21.0 Å². The summed E-state index contributed by atoms with van der Waals surface area (Å²) in [7, 11) is 6.07. The van der Waals surface area contributed by atoms with Crippen molar-refractivity contribution in [3.63, 3.8) is 0 Å². The monoisotopic (exact) mass is 196 g/mol. The van der Waals surface area contributed by atoms with E-state index in [4.69, 9.17) is 0 Å². The third-order valence-corrected chi connectivity index (χ3v) is 2.30. The van der Waals surface area contributed by atoms with Gasteiger partial charge < -0.3 is 10.2 Å². The molecule has 0 aliphatic heterocycles. The van der Waals surface area contributed by atoms with Gasteiger partial charge in [-0.25, -0.2) is 0 Å². The van der Waals surface area contributed by atoms with E-state index in [1.165, 1.54) is 5.56 Å². The predicted molar refractivity (Wildman–Crippen MR) is 58.2 cm³/mol.